The van der Waals surface area contributed by atoms with E-state index in [1.54, 1.807) is 32.9 Å². The van der Waals surface area contributed by atoms with Crippen molar-refractivity contribution in [3.05, 3.63) is 53.8 Å². The van der Waals surface area contributed by atoms with Crippen LogP contribution in [0.3, 0.4) is 0 Å². The Kier molecular flexibility index (Phi) is 9.95. The fraction of sp³-hybridized carbons (Fsp3) is 0.500. The fourth-order valence-corrected chi connectivity index (χ4v) is 5.69. The van der Waals surface area contributed by atoms with Gasteiger partial charge in [-0.15, -0.1) is 0 Å². The molecule has 1 aliphatic carbocycles. The lowest BCUT2D eigenvalue weighted by Crippen LogP contribution is -2.41. The molecule has 0 unspecified atom stereocenters. The van der Waals surface area contributed by atoms with Crippen molar-refractivity contribution in [3.8, 4) is 11.5 Å². The summed E-state index contributed by atoms with van der Waals surface area (Å²) in [6.07, 6.45) is 2.10. The minimum absolute atomic E-state index is 0.00282. The number of hydrogen-bond donors (Lipinski definition) is 2. The third kappa shape index (κ3) is 8.93. The Balaban J connectivity index is 1.54. The predicted molar refractivity (Wildman–Crippen MR) is 143 cm³/mol. The number of esters is 1. The van der Waals surface area contributed by atoms with E-state index >= 15 is 0 Å². The van der Waals surface area contributed by atoms with Crippen molar-refractivity contribution in [2.45, 2.75) is 76.0 Å². The van der Waals surface area contributed by atoms with Crippen molar-refractivity contribution in [3.63, 3.8) is 0 Å². The minimum Gasteiger partial charge on any atom is -0.493 e. The second kappa shape index (κ2) is 12.8. The van der Waals surface area contributed by atoms with Crippen LogP contribution in [0.5, 0.6) is 11.5 Å². The van der Waals surface area contributed by atoms with Gasteiger partial charge in [-0.25, -0.2) is 22.3 Å². The van der Waals surface area contributed by atoms with E-state index < -0.39 is 21.6 Å². The molecule has 0 bridgehead atoms. The van der Waals surface area contributed by atoms with E-state index in [1.165, 1.54) is 37.4 Å². The Bertz CT molecular complexity index is 1250. The van der Waals surface area contributed by atoms with Gasteiger partial charge in [0.1, 0.15) is 11.4 Å². The molecule has 1 aliphatic rings. The standard InChI is InChI=1S/C28H37FN2O7S/c1-18(19-6-10-21(29)11-7-19)30-27(33)20-8-12-22(13-9-20)31-39(34,35)23-14-15-24(25(16-23)36-5)37-17-26(32)38-28(2,3)4/h6-7,10-11,14-16,18,20,22,31H,8-9,12-13,17H2,1-5H3,(H,30,33)/t18-,20-,22-/m1/s1. The molecule has 1 saturated carbocycles. The number of methoxy groups -OCH3 is 1. The maximum Gasteiger partial charge on any atom is 0.344 e. The third-order valence-electron chi connectivity index (χ3n) is 6.36. The summed E-state index contributed by atoms with van der Waals surface area (Å²) in [5, 5.41) is 2.97. The summed E-state index contributed by atoms with van der Waals surface area (Å²) >= 11 is 0. The van der Waals surface area contributed by atoms with Crippen LogP contribution < -0.4 is 19.5 Å². The van der Waals surface area contributed by atoms with E-state index in [4.69, 9.17) is 14.2 Å². The third-order valence-corrected chi connectivity index (χ3v) is 7.88. The summed E-state index contributed by atoms with van der Waals surface area (Å²) in [4.78, 5) is 24.7. The first-order chi connectivity index (χ1) is 18.3. The molecule has 1 atom stereocenters. The smallest absolute Gasteiger partial charge is 0.344 e. The molecule has 3 rings (SSSR count). The molecular weight excluding hydrogens is 527 g/mol. The maximum absolute atomic E-state index is 13.2. The van der Waals surface area contributed by atoms with Crippen LogP contribution in [-0.2, 0) is 24.3 Å². The van der Waals surface area contributed by atoms with Gasteiger partial charge in [-0.2, -0.15) is 0 Å². The molecule has 2 aromatic rings. The van der Waals surface area contributed by atoms with Crippen molar-refractivity contribution < 1.29 is 36.6 Å². The summed E-state index contributed by atoms with van der Waals surface area (Å²) in [5.74, 6) is -0.841. The summed E-state index contributed by atoms with van der Waals surface area (Å²) < 4.78 is 58.0. The van der Waals surface area contributed by atoms with E-state index in [1.807, 2.05) is 6.92 Å². The molecule has 11 heteroatoms. The Morgan fingerprint density at radius 1 is 1.03 bits per heavy atom. The summed E-state index contributed by atoms with van der Waals surface area (Å²) in [6, 6.07) is 9.56. The molecule has 2 N–H and O–H groups in total. The second-order valence-corrected chi connectivity index (χ2v) is 12.4. The summed E-state index contributed by atoms with van der Waals surface area (Å²) in [6.45, 7) is 6.73. The van der Waals surface area contributed by atoms with Crippen molar-refractivity contribution >= 4 is 21.9 Å². The van der Waals surface area contributed by atoms with E-state index in [0.717, 1.165) is 5.56 Å². The number of rotatable bonds is 10. The van der Waals surface area contributed by atoms with Gasteiger partial charge in [-0.05, 0) is 83.2 Å². The zero-order chi connectivity index (χ0) is 28.8. The zero-order valence-corrected chi connectivity index (χ0v) is 23.8. The highest BCUT2D eigenvalue weighted by molar-refractivity contribution is 7.89. The number of carbonyl (C=O) groups excluding carboxylic acids is 2. The van der Waals surface area contributed by atoms with E-state index in [0.29, 0.717) is 25.7 Å². The molecule has 0 heterocycles. The minimum atomic E-state index is -3.87. The average molecular weight is 565 g/mol. The molecule has 0 aromatic heterocycles. The lowest BCUT2D eigenvalue weighted by Gasteiger charge is -2.29. The monoisotopic (exact) mass is 564 g/mol. The Morgan fingerprint density at radius 3 is 2.26 bits per heavy atom. The maximum atomic E-state index is 13.2. The van der Waals surface area contributed by atoms with Crippen molar-refractivity contribution in [1.29, 1.82) is 0 Å². The van der Waals surface area contributed by atoms with E-state index in [9.17, 15) is 22.4 Å². The van der Waals surface area contributed by atoms with Gasteiger partial charge in [-0.1, -0.05) is 12.1 Å². The molecule has 0 radical (unpaired) electrons. The summed E-state index contributed by atoms with van der Waals surface area (Å²) in [7, 11) is -2.49. The molecule has 0 spiro atoms. The first-order valence-electron chi connectivity index (χ1n) is 12.9. The second-order valence-electron chi connectivity index (χ2n) is 10.6. The van der Waals surface area contributed by atoms with Gasteiger partial charge in [0.25, 0.3) is 0 Å². The normalized spacial score (nSPS) is 18.6. The van der Waals surface area contributed by atoms with Gasteiger partial charge >= 0.3 is 5.97 Å². The molecule has 39 heavy (non-hydrogen) atoms. The van der Waals surface area contributed by atoms with Gasteiger partial charge in [0.2, 0.25) is 15.9 Å². The SMILES string of the molecule is COc1cc(S(=O)(=O)N[C@H]2CC[C@H](C(=O)N[C@H](C)c3ccc(F)cc3)CC2)ccc1OCC(=O)OC(C)(C)C. The number of amides is 1. The fourth-order valence-electron chi connectivity index (χ4n) is 4.37. The largest absolute Gasteiger partial charge is 0.493 e. The van der Waals surface area contributed by atoms with Crippen LogP contribution in [0.1, 0.15) is 65.0 Å². The van der Waals surface area contributed by atoms with Crippen molar-refractivity contribution in [1.82, 2.24) is 10.0 Å². The van der Waals surface area contributed by atoms with Crippen LogP contribution in [0, 0.1) is 11.7 Å². The van der Waals surface area contributed by atoms with E-state index in [2.05, 4.69) is 10.0 Å². The lowest BCUT2D eigenvalue weighted by molar-refractivity contribution is -0.157. The van der Waals surface area contributed by atoms with Crippen molar-refractivity contribution in [2.75, 3.05) is 13.7 Å². The number of carbonyl (C=O) groups is 2. The Hall–Kier alpha value is -3.18. The molecule has 2 aromatic carbocycles. The summed E-state index contributed by atoms with van der Waals surface area (Å²) in [5.41, 5.74) is 0.155. The predicted octanol–water partition coefficient (Wildman–Crippen LogP) is 4.27. The molecule has 0 saturated heterocycles. The Morgan fingerprint density at radius 2 is 1.67 bits per heavy atom. The number of nitrogens with one attached hydrogen (secondary N) is 2. The van der Waals surface area contributed by atoms with Crippen LogP contribution in [0.15, 0.2) is 47.4 Å². The number of ether oxygens (including phenoxy) is 3. The van der Waals surface area contributed by atoms with Crippen LogP contribution in [-0.4, -0.2) is 45.7 Å². The lowest BCUT2D eigenvalue weighted by atomic mass is 9.85. The topological polar surface area (TPSA) is 120 Å². The van der Waals surface area contributed by atoms with Gasteiger partial charge < -0.3 is 19.5 Å². The first-order valence-corrected chi connectivity index (χ1v) is 14.4. The van der Waals surface area contributed by atoms with Gasteiger partial charge in [0.15, 0.2) is 18.1 Å². The molecule has 1 amide bonds. The highest BCUT2D eigenvalue weighted by atomic mass is 32.2. The number of hydrogen-bond acceptors (Lipinski definition) is 7. The van der Waals surface area contributed by atoms with Crippen LogP contribution in [0.4, 0.5) is 4.39 Å². The highest BCUT2D eigenvalue weighted by Crippen LogP contribution is 2.31. The van der Waals surface area contributed by atoms with Crippen LogP contribution in [0.25, 0.3) is 0 Å². The first kappa shape index (κ1) is 30.4. The quantitative estimate of drug-likeness (QED) is 0.414. The molecule has 9 nitrogen and oxygen atoms in total. The van der Waals surface area contributed by atoms with Crippen molar-refractivity contribution in [2.24, 2.45) is 5.92 Å². The zero-order valence-electron chi connectivity index (χ0n) is 23.0. The van der Waals surface area contributed by atoms with Gasteiger partial charge in [0.05, 0.1) is 18.0 Å². The van der Waals surface area contributed by atoms with Crippen LogP contribution in [0.2, 0.25) is 0 Å². The highest BCUT2D eigenvalue weighted by Gasteiger charge is 2.30. The molecular formula is C28H37FN2O7S. The molecule has 1 fully saturated rings. The van der Waals surface area contributed by atoms with Gasteiger partial charge in [-0.3, -0.25) is 4.79 Å². The van der Waals surface area contributed by atoms with Crippen LogP contribution >= 0.6 is 0 Å². The van der Waals surface area contributed by atoms with Gasteiger partial charge in [0, 0.05) is 18.0 Å². The number of benzene rings is 2. The average Bonchev–Trinajstić information content (AvgIpc) is 2.86. The number of sulfonamides is 1. The molecule has 0 aliphatic heterocycles. The van der Waals surface area contributed by atoms with E-state index in [-0.39, 0.29) is 52.7 Å². The Labute approximate surface area is 229 Å². The number of halogens is 1. The molecule has 214 valence electrons.